The molecule has 3 aromatic rings. The van der Waals surface area contributed by atoms with E-state index in [4.69, 9.17) is 8.83 Å². The first-order chi connectivity index (χ1) is 12.5. The maximum atomic E-state index is 13.1. The number of oxazole rings is 1. The predicted octanol–water partition coefficient (Wildman–Crippen LogP) is 4.70. The van der Waals surface area contributed by atoms with Crippen molar-refractivity contribution in [2.75, 3.05) is 4.90 Å². The molecule has 2 aromatic heterocycles. The molecule has 4 rings (SSSR count). The topological polar surface area (TPSA) is 59.5 Å². The number of thioether (sulfide) groups is 1. The summed E-state index contributed by atoms with van der Waals surface area (Å²) in [6.07, 6.45) is 1.77. The van der Waals surface area contributed by atoms with Crippen molar-refractivity contribution in [2.45, 2.75) is 43.4 Å². The van der Waals surface area contributed by atoms with Crippen molar-refractivity contribution < 1.29 is 13.6 Å². The largest absolute Gasteiger partial charge is 0.459 e. The summed E-state index contributed by atoms with van der Waals surface area (Å²) in [6.45, 7) is 6.07. The highest BCUT2D eigenvalue weighted by Crippen LogP contribution is 2.41. The van der Waals surface area contributed by atoms with E-state index in [-0.39, 0.29) is 18.4 Å². The zero-order valence-electron chi connectivity index (χ0n) is 14.9. The molecule has 0 unspecified atom stereocenters. The van der Waals surface area contributed by atoms with E-state index < -0.39 is 0 Å². The number of rotatable bonds is 3. The second-order valence-corrected chi connectivity index (χ2v) is 7.89. The summed E-state index contributed by atoms with van der Waals surface area (Å²) in [4.78, 5) is 20.7. The van der Waals surface area contributed by atoms with Crippen molar-refractivity contribution in [3.8, 4) is 11.7 Å². The van der Waals surface area contributed by atoms with Crippen molar-refractivity contribution in [2.24, 2.45) is 0 Å². The average molecular weight is 368 g/mol. The molecule has 26 heavy (non-hydrogen) atoms. The van der Waals surface area contributed by atoms with Crippen molar-refractivity contribution in [3.63, 3.8) is 0 Å². The van der Waals surface area contributed by atoms with Gasteiger partial charge in [-0.25, -0.2) is 4.98 Å². The van der Waals surface area contributed by atoms with Gasteiger partial charge < -0.3 is 13.7 Å². The van der Waals surface area contributed by atoms with E-state index in [2.05, 4.69) is 24.9 Å². The van der Waals surface area contributed by atoms with Crippen molar-refractivity contribution in [1.82, 2.24) is 4.98 Å². The summed E-state index contributed by atoms with van der Waals surface area (Å²) in [5.41, 5.74) is 1.62. The van der Waals surface area contributed by atoms with Gasteiger partial charge in [-0.2, -0.15) is 0 Å². The minimum absolute atomic E-state index is 0.0273. The molecular weight excluding hydrogens is 348 g/mol. The number of nitrogens with zero attached hydrogens (tertiary/aromatic N) is 2. The molecule has 1 aliphatic heterocycles. The second kappa shape index (κ2) is 6.68. The van der Waals surface area contributed by atoms with Crippen molar-refractivity contribution in [3.05, 3.63) is 54.1 Å². The highest BCUT2D eigenvalue weighted by Gasteiger charge is 2.33. The molecule has 2 atom stereocenters. The lowest BCUT2D eigenvalue weighted by molar-refractivity contribution is -0.118. The number of aromatic nitrogens is 1. The van der Waals surface area contributed by atoms with Crippen LogP contribution >= 0.6 is 11.8 Å². The summed E-state index contributed by atoms with van der Waals surface area (Å²) in [7, 11) is 0. The first-order valence-electron chi connectivity index (χ1n) is 8.62. The number of aryl methyl sites for hydroxylation is 1. The Morgan fingerprint density at radius 2 is 2.04 bits per heavy atom. The highest BCUT2D eigenvalue weighted by molar-refractivity contribution is 8.00. The number of carbonyl (C=O) groups is 1. The smallest absolute Gasteiger partial charge is 0.263 e. The molecule has 0 aliphatic carbocycles. The molecule has 0 bridgehead atoms. The summed E-state index contributed by atoms with van der Waals surface area (Å²) < 4.78 is 11.0. The second-order valence-electron chi connectivity index (χ2n) is 6.47. The van der Waals surface area contributed by atoms with Gasteiger partial charge in [0.2, 0.25) is 5.91 Å². The molecule has 0 fully saturated rings. The standard InChI is InChI=1S/C20H20N2O3S/c1-12-14(3)26-18-9-5-4-7-16(18)22(12)19(23)11-15-13(2)25-20(21-15)17-8-6-10-24-17/h4-10,12,14H,11H2,1-3H3/t12-,14-/m1/s1. The molecule has 0 radical (unpaired) electrons. The van der Waals surface area contributed by atoms with E-state index in [0.717, 1.165) is 10.6 Å². The van der Waals surface area contributed by atoms with Gasteiger partial charge in [0, 0.05) is 16.2 Å². The number of anilines is 1. The van der Waals surface area contributed by atoms with Gasteiger partial charge in [-0.15, -0.1) is 11.8 Å². The van der Waals surface area contributed by atoms with Crippen molar-refractivity contribution in [1.29, 1.82) is 0 Å². The highest BCUT2D eigenvalue weighted by atomic mass is 32.2. The molecule has 1 aromatic carbocycles. The van der Waals surface area contributed by atoms with Crippen LogP contribution in [-0.2, 0) is 11.2 Å². The summed E-state index contributed by atoms with van der Waals surface area (Å²) in [5.74, 6) is 1.64. The Bertz CT molecular complexity index is 932. The van der Waals surface area contributed by atoms with Gasteiger partial charge in [0.15, 0.2) is 5.76 Å². The van der Waals surface area contributed by atoms with E-state index in [1.165, 1.54) is 0 Å². The van der Waals surface area contributed by atoms with Crippen LogP contribution in [0.1, 0.15) is 25.3 Å². The fourth-order valence-electron chi connectivity index (χ4n) is 3.17. The van der Waals surface area contributed by atoms with Crippen LogP contribution in [0.15, 0.2) is 56.4 Å². The van der Waals surface area contributed by atoms with Gasteiger partial charge in [-0.1, -0.05) is 19.1 Å². The minimum Gasteiger partial charge on any atom is -0.459 e. The molecule has 0 spiro atoms. The van der Waals surface area contributed by atoms with Gasteiger partial charge in [0.25, 0.3) is 5.89 Å². The first-order valence-corrected chi connectivity index (χ1v) is 9.50. The van der Waals surface area contributed by atoms with E-state index >= 15 is 0 Å². The fraction of sp³-hybridized carbons (Fsp3) is 0.300. The summed E-state index contributed by atoms with van der Waals surface area (Å²) >= 11 is 1.81. The molecule has 0 saturated carbocycles. The van der Waals surface area contributed by atoms with Gasteiger partial charge in [0.1, 0.15) is 5.76 Å². The maximum Gasteiger partial charge on any atom is 0.263 e. The molecule has 3 heterocycles. The average Bonchev–Trinajstić information content (AvgIpc) is 3.26. The number of carbonyl (C=O) groups excluding carboxylic acids is 1. The van der Waals surface area contributed by atoms with Gasteiger partial charge in [-0.05, 0) is 38.1 Å². The van der Waals surface area contributed by atoms with E-state index in [1.54, 1.807) is 18.4 Å². The molecule has 1 amide bonds. The third-order valence-electron chi connectivity index (χ3n) is 4.74. The number of amides is 1. The van der Waals surface area contributed by atoms with E-state index in [1.807, 2.05) is 41.8 Å². The Morgan fingerprint density at radius 3 is 2.81 bits per heavy atom. The SMILES string of the molecule is Cc1oc(-c2ccco2)nc1CC(=O)N1c2ccccc2S[C@H](C)[C@H]1C. The van der Waals surface area contributed by atoms with Crippen molar-refractivity contribution >= 4 is 23.4 Å². The van der Waals surface area contributed by atoms with Crippen LogP contribution in [0.25, 0.3) is 11.7 Å². The molecule has 5 nitrogen and oxygen atoms in total. The molecular formula is C20H20N2O3S. The lowest BCUT2D eigenvalue weighted by atomic mass is 10.1. The quantitative estimate of drug-likeness (QED) is 0.670. The Labute approximate surface area is 156 Å². The van der Waals surface area contributed by atoms with Gasteiger partial charge in [0.05, 0.1) is 24.1 Å². The number of hydrogen-bond acceptors (Lipinski definition) is 5. The predicted molar refractivity (Wildman–Crippen MR) is 101 cm³/mol. The number of benzene rings is 1. The van der Waals surface area contributed by atoms with E-state index in [9.17, 15) is 4.79 Å². The van der Waals surface area contributed by atoms with Crippen LogP contribution in [0, 0.1) is 6.92 Å². The monoisotopic (exact) mass is 368 g/mol. The fourth-order valence-corrected chi connectivity index (χ4v) is 4.33. The van der Waals surface area contributed by atoms with Gasteiger partial charge in [-0.3, -0.25) is 4.79 Å². The minimum atomic E-state index is 0.0273. The lowest BCUT2D eigenvalue weighted by Gasteiger charge is -2.38. The van der Waals surface area contributed by atoms with Crippen LogP contribution in [-0.4, -0.2) is 22.2 Å². The number of fused-ring (bicyclic) bond motifs is 1. The number of para-hydroxylation sites is 1. The molecule has 0 N–H and O–H groups in total. The van der Waals surface area contributed by atoms with Crippen LogP contribution in [0.2, 0.25) is 0 Å². The Morgan fingerprint density at radius 1 is 1.23 bits per heavy atom. The zero-order chi connectivity index (χ0) is 18.3. The maximum absolute atomic E-state index is 13.1. The molecule has 0 saturated heterocycles. The van der Waals surface area contributed by atoms with E-state index in [0.29, 0.717) is 28.4 Å². The Kier molecular flexibility index (Phi) is 4.36. The first kappa shape index (κ1) is 17.0. The Hall–Kier alpha value is -2.47. The zero-order valence-corrected chi connectivity index (χ0v) is 15.7. The third-order valence-corrected chi connectivity index (χ3v) is 6.10. The molecule has 1 aliphatic rings. The number of furan rings is 1. The lowest BCUT2D eigenvalue weighted by Crippen LogP contribution is -2.46. The third kappa shape index (κ3) is 2.94. The van der Waals surface area contributed by atoms with Crippen LogP contribution in [0.4, 0.5) is 5.69 Å². The summed E-state index contributed by atoms with van der Waals surface area (Å²) in [5, 5.41) is 0.325. The molecule has 134 valence electrons. The van der Waals surface area contributed by atoms with Gasteiger partial charge >= 0.3 is 0 Å². The molecule has 6 heteroatoms. The summed E-state index contributed by atoms with van der Waals surface area (Å²) in [6, 6.07) is 11.7. The van der Waals surface area contributed by atoms with Crippen LogP contribution in [0.3, 0.4) is 0 Å². The van der Waals surface area contributed by atoms with Crippen LogP contribution in [0.5, 0.6) is 0 Å². The number of hydrogen-bond donors (Lipinski definition) is 0. The Balaban J connectivity index is 1.62. The van der Waals surface area contributed by atoms with Crippen LogP contribution < -0.4 is 4.90 Å². The normalized spacial score (nSPS) is 19.4.